The van der Waals surface area contributed by atoms with Gasteiger partial charge in [-0.1, -0.05) is 36.4 Å². The summed E-state index contributed by atoms with van der Waals surface area (Å²) in [7, 11) is 0. The molecule has 0 radical (unpaired) electrons. The lowest BCUT2D eigenvalue weighted by Crippen LogP contribution is -2.62. The van der Waals surface area contributed by atoms with E-state index in [0.29, 0.717) is 31.2 Å². The Morgan fingerprint density at radius 2 is 1.83 bits per heavy atom. The van der Waals surface area contributed by atoms with Crippen molar-refractivity contribution < 1.29 is 14.3 Å². The van der Waals surface area contributed by atoms with Crippen LogP contribution in [0.4, 0.5) is 4.79 Å². The standard InChI is InChI=1S/C23H27N3O3/c1-23(2)16-25(21(27)20-10-6-9-19(24-20)18-11-12-18)13-14-26(23)22(28)29-15-17-7-4-3-5-8-17/h3-10,18H,11-16H2,1-2H3. The van der Waals surface area contributed by atoms with E-state index in [2.05, 4.69) is 4.98 Å². The quantitative estimate of drug-likeness (QED) is 0.792. The first-order chi connectivity index (χ1) is 13.9. The van der Waals surface area contributed by atoms with Crippen LogP contribution in [0.3, 0.4) is 0 Å². The fraction of sp³-hybridized carbons (Fsp3) is 0.435. The van der Waals surface area contributed by atoms with E-state index >= 15 is 0 Å². The summed E-state index contributed by atoms with van der Waals surface area (Å²) in [5, 5.41) is 0. The van der Waals surface area contributed by atoms with Crippen LogP contribution in [0.1, 0.15) is 54.4 Å². The van der Waals surface area contributed by atoms with Crippen LogP contribution in [-0.2, 0) is 11.3 Å². The lowest BCUT2D eigenvalue weighted by atomic mass is 9.99. The maximum Gasteiger partial charge on any atom is 0.410 e. The summed E-state index contributed by atoms with van der Waals surface area (Å²) < 4.78 is 5.50. The van der Waals surface area contributed by atoms with E-state index < -0.39 is 5.54 Å². The second-order valence-electron chi connectivity index (χ2n) is 8.45. The van der Waals surface area contributed by atoms with Crippen LogP contribution in [0.15, 0.2) is 48.5 Å². The first-order valence-electron chi connectivity index (χ1n) is 10.2. The van der Waals surface area contributed by atoms with Gasteiger partial charge in [-0.3, -0.25) is 9.69 Å². The van der Waals surface area contributed by atoms with E-state index in [1.807, 2.05) is 56.3 Å². The molecule has 0 atom stereocenters. The van der Waals surface area contributed by atoms with Crippen molar-refractivity contribution in [1.29, 1.82) is 0 Å². The molecular formula is C23H27N3O3. The summed E-state index contributed by atoms with van der Waals surface area (Å²) in [6, 6.07) is 15.3. The molecule has 2 fully saturated rings. The van der Waals surface area contributed by atoms with Gasteiger partial charge in [0, 0.05) is 31.2 Å². The number of aromatic nitrogens is 1. The van der Waals surface area contributed by atoms with Crippen LogP contribution in [0.5, 0.6) is 0 Å². The zero-order valence-corrected chi connectivity index (χ0v) is 17.0. The van der Waals surface area contributed by atoms with Crippen LogP contribution in [0.2, 0.25) is 0 Å². The summed E-state index contributed by atoms with van der Waals surface area (Å²) >= 11 is 0. The van der Waals surface area contributed by atoms with Gasteiger partial charge in [0.2, 0.25) is 0 Å². The number of ether oxygens (including phenoxy) is 1. The number of carbonyl (C=O) groups excluding carboxylic acids is 2. The average molecular weight is 393 g/mol. The van der Waals surface area contributed by atoms with Crippen molar-refractivity contribution in [1.82, 2.24) is 14.8 Å². The normalized spacial score (nSPS) is 18.4. The third-order valence-corrected chi connectivity index (χ3v) is 5.60. The molecule has 1 saturated carbocycles. The van der Waals surface area contributed by atoms with Gasteiger partial charge in [0.15, 0.2) is 0 Å². The van der Waals surface area contributed by atoms with E-state index in [0.717, 1.165) is 24.1 Å². The molecule has 0 N–H and O–H groups in total. The van der Waals surface area contributed by atoms with Gasteiger partial charge in [-0.05, 0) is 44.4 Å². The van der Waals surface area contributed by atoms with E-state index in [-0.39, 0.29) is 18.6 Å². The Bertz CT molecular complexity index is 893. The zero-order chi connectivity index (χ0) is 20.4. The predicted molar refractivity (Wildman–Crippen MR) is 110 cm³/mol. The smallest absolute Gasteiger partial charge is 0.410 e. The number of hydrogen-bond donors (Lipinski definition) is 0. The van der Waals surface area contributed by atoms with Crippen molar-refractivity contribution >= 4 is 12.0 Å². The Morgan fingerprint density at radius 3 is 2.52 bits per heavy atom. The molecule has 2 aromatic rings. The number of hydrogen-bond acceptors (Lipinski definition) is 4. The fourth-order valence-electron chi connectivity index (χ4n) is 3.80. The molecule has 2 heterocycles. The molecule has 6 heteroatoms. The molecule has 1 aromatic carbocycles. The molecular weight excluding hydrogens is 366 g/mol. The molecule has 0 unspecified atom stereocenters. The number of carbonyl (C=O) groups is 2. The predicted octanol–water partition coefficient (Wildman–Crippen LogP) is 3.83. The van der Waals surface area contributed by atoms with Gasteiger partial charge in [0.1, 0.15) is 12.3 Å². The van der Waals surface area contributed by atoms with Crippen LogP contribution in [0, 0.1) is 0 Å². The minimum absolute atomic E-state index is 0.0714. The lowest BCUT2D eigenvalue weighted by molar-refractivity contribution is 0.00878. The molecule has 1 aromatic heterocycles. The van der Waals surface area contributed by atoms with Gasteiger partial charge in [0.05, 0.1) is 5.54 Å². The van der Waals surface area contributed by atoms with Crippen LogP contribution >= 0.6 is 0 Å². The topological polar surface area (TPSA) is 62.7 Å². The zero-order valence-electron chi connectivity index (χ0n) is 17.0. The first-order valence-corrected chi connectivity index (χ1v) is 10.2. The van der Waals surface area contributed by atoms with E-state index in [9.17, 15) is 9.59 Å². The largest absolute Gasteiger partial charge is 0.445 e. The minimum atomic E-state index is -0.518. The Kier molecular flexibility index (Phi) is 5.26. The second-order valence-corrected chi connectivity index (χ2v) is 8.45. The van der Waals surface area contributed by atoms with Gasteiger partial charge >= 0.3 is 6.09 Å². The highest BCUT2D eigenvalue weighted by molar-refractivity contribution is 5.92. The molecule has 1 aliphatic heterocycles. The molecule has 2 aliphatic rings. The fourth-order valence-corrected chi connectivity index (χ4v) is 3.80. The molecule has 0 bridgehead atoms. The third-order valence-electron chi connectivity index (χ3n) is 5.60. The van der Waals surface area contributed by atoms with Crippen LogP contribution in [0.25, 0.3) is 0 Å². The Morgan fingerprint density at radius 1 is 1.07 bits per heavy atom. The van der Waals surface area contributed by atoms with Crippen LogP contribution in [-0.4, -0.2) is 52.0 Å². The van der Waals surface area contributed by atoms with Crippen molar-refractivity contribution in [2.24, 2.45) is 0 Å². The highest BCUT2D eigenvalue weighted by Gasteiger charge is 2.39. The Balaban J connectivity index is 1.38. The van der Waals surface area contributed by atoms with Gasteiger partial charge < -0.3 is 9.64 Å². The monoisotopic (exact) mass is 393 g/mol. The van der Waals surface area contributed by atoms with Crippen LogP contribution < -0.4 is 0 Å². The number of piperazine rings is 1. The molecule has 2 amide bonds. The van der Waals surface area contributed by atoms with Crippen molar-refractivity contribution in [3.63, 3.8) is 0 Å². The van der Waals surface area contributed by atoms with Crippen molar-refractivity contribution in [2.45, 2.75) is 44.8 Å². The maximum atomic E-state index is 13.0. The first kappa shape index (κ1) is 19.4. The van der Waals surface area contributed by atoms with Gasteiger partial charge in [-0.25, -0.2) is 9.78 Å². The molecule has 1 aliphatic carbocycles. The SMILES string of the molecule is CC1(C)CN(C(=O)c2cccc(C3CC3)n2)CCN1C(=O)OCc1ccccc1. The molecule has 0 spiro atoms. The number of benzene rings is 1. The van der Waals surface area contributed by atoms with Crippen molar-refractivity contribution in [2.75, 3.05) is 19.6 Å². The lowest BCUT2D eigenvalue weighted by Gasteiger charge is -2.46. The highest BCUT2D eigenvalue weighted by atomic mass is 16.6. The van der Waals surface area contributed by atoms with Crippen molar-refractivity contribution in [3.8, 4) is 0 Å². The number of nitrogens with zero attached hydrogens (tertiary/aromatic N) is 3. The highest BCUT2D eigenvalue weighted by Crippen LogP contribution is 2.38. The summed E-state index contributed by atoms with van der Waals surface area (Å²) in [5.74, 6) is 0.438. The summed E-state index contributed by atoms with van der Waals surface area (Å²) in [4.78, 5) is 33.7. The average Bonchev–Trinajstić information content (AvgIpc) is 3.57. The molecule has 29 heavy (non-hydrogen) atoms. The maximum absolute atomic E-state index is 13.0. The van der Waals surface area contributed by atoms with Gasteiger partial charge in [-0.2, -0.15) is 0 Å². The summed E-state index contributed by atoms with van der Waals surface area (Å²) in [6.45, 7) is 5.52. The molecule has 1 saturated heterocycles. The Hall–Kier alpha value is -2.89. The van der Waals surface area contributed by atoms with Gasteiger partial charge in [0.25, 0.3) is 5.91 Å². The third kappa shape index (κ3) is 4.42. The van der Waals surface area contributed by atoms with E-state index in [1.54, 1.807) is 15.9 Å². The van der Waals surface area contributed by atoms with E-state index in [4.69, 9.17) is 4.74 Å². The van der Waals surface area contributed by atoms with Gasteiger partial charge in [-0.15, -0.1) is 0 Å². The molecule has 4 rings (SSSR count). The Labute approximate surface area is 171 Å². The summed E-state index contributed by atoms with van der Waals surface area (Å²) in [5.41, 5.74) is 1.94. The molecule has 6 nitrogen and oxygen atoms in total. The van der Waals surface area contributed by atoms with E-state index in [1.165, 1.54) is 0 Å². The second kappa shape index (κ2) is 7.85. The minimum Gasteiger partial charge on any atom is -0.445 e. The van der Waals surface area contributed by atoms with Crippen molar-refractivity contribution in [3.05, 3.63) is 65.5 Å². The number of pyridine rings is 1. The number of rotatable bonds is 4. The summed E-state index contributed by atoms with van der Waals surface area (Å²) in [6.07, 6.45) is 1.96. The number of amides is 2. The molecule has 152 valence electrons.